The lowest BCUT2D eigenvalue weighted by Gasteiger charge is -2.53. The molecule has 0 amide bonds. The summed E-state index contributed by atoms with van der Waals surface area (Å²) in [7, 11) is 1.63. The zero-order chi connectivity index (χ0) is 45.6. The van der Waals surface area contributed by atoms with Gasteiger partial charge in [0.25, 0.3) is 0 Å². The van der Waals surface area contributed by atoms with Gasteiger partial charge >= 0.3 is 0 Å². The van der Waals surface area contributed by atoms with Crippen molar-refractivity contribution < 1.29 is 42.7 Å². The number of fused-ring (bicyclic) bond motifs is 1. The molecule has 1 saturated carbocycles. The van der Waals surface area contributed by atoms with Crippen LogP contribution in [0, 0.1) is 17.8 Å². The molecular formula is C58H60O9. The highest BCUT2D eigenvalue weighted by Gasteiger charge is 2.59. The monoisotopic (exact) mass is 900 g/mol. The summed E-state index contributed by atoms with van der Waals surface area (Å²) in [5.41, 5.74) is 5.96. The summed E-state index contributed by atoms with van der Waals surface area (Å²) in [5.74, 6) is -1.46. The third-order valence-corrected chi connectivity index (χ3v) is 13.1. The Morgan fingerprint density at radius 2 is 0.791 bits per heavy atom. The van der Waals surface area contributed by atoms with Crippen LogP contribution < -0.4 is 0 Å². The third kappa shape index (κ3) is 11.8. The minimum atomic E-state index is -0.961. The number of Topliss-reactive ketones (excluding diaryl/α,β-unsaturated/α-hetero) is 1. The van der Waals surface area contributed by atoms with Crippen molar-refractivity contribution >= 4 is 5.78 Å². The van der Waals surface area contributed by atoms with E-state index >= 15 is 4.79 Å². The number of rotatable bonds is 20. The topological polar surface area (TPSA) is 90.9 Å². The van der Waals surface area contributed by atoms with E-state index in [4.69, 9.17) is 37.9 Å². The van der Waals surface area contributed by atoms with Gasteiger partial charge in [-0.15, -0.1) is 0 Å². The minimum Gasteiger partial charge on any atom is -0.370 e. The van der Waals surface area contributed by atoms with Crippen molar-refractivity contribution in [1.29, 1.82) is 0 Å². The molecule has 2 fully saturated rings. The zero-order valence-corrected chi connectivity index (χ0v) is 38.0. The molecule has 0 bridgehead atoms. The van der Waals surface area contributed by atoms with Gasteiger partial charge in [0, 0.05) is 24.9 Å². The summed E-state index contributed by atoms with van der Waals surface area (Å²) >= 11 is 0. The van der Waals surface area contributed by atoms with Crippen LogP contribution in [0.1, 0.15) is 39.8 Å². The van der Waals surface area contributed by atoms with Gasteiger partial charge in [-0.3, -0.25) is 4.79 Å². The second kappa shape index (κ2) is 23.4. The number of allylic oxidation sites excluding steroid dienone is 1. The molecule has 9 nitrogen and oxygen atoms in total. The Morgan fingerprint density at radius 3 is 1.21 bits per heavy atom. The number of hydrogen-bond acceptors (Lipinski definition) is 9. The van der Waals surface area contributed by atoms with Crippen molar-refractivity contribution in [2.45, 2.75) is 95.1 Å². The van der Waals surface area contributed by atoms with Crippen molar-refractivity contribution in [3.05, 3.63) is 228 Å². The third-order valence-electron chi connectivity index (χ3n) is 13.1. The molecular weight excluding hydrogens is 841 g/mol. The summed E-state index contributed by atoms with van der Waals surface area (Å²) in [5, 5.41) is 0. The molecule has 6 aromatic carbocycles. The van der Waals surface area contributed by atoms with E-state index in [1.54, 1.807) is 7.11 Å². The van der Waals surface area contributed by atoms with Crippen molar-refractivity contribution in [2.75, 3.05) is 7.11 Å². The van der Waals surface area contributed by atoms with E-state index in [9.17, 15) is 0 Å². The average Bonchev–Trinajstić information content (AvgIpc) is 3.39. The van der Waals surface area contributed by atoms with Crippen molar-refractivity contribution in [3.63, 3.8) is 0 Å². The SMILES string of the molecule is CO[C@H]1OC(C2CC=CC3C2C(=O)[C@@H](OCc2ccccc2)[C@H](OCc2ccccc2)[C@H]3OCc2ccccc2)[C@@H](OCc2ccccc2)[C@H](OCc2ccccc2)[C@H]1OCc1ccccc1. The van der Waals surface area contributed by atoms with Crippen molar-refractivity contribution in [2.24, 2.45) is 17.8 Å². The molecule has 1 heterocycles. The first-order valence-corrected chi connectivity index (χ1v) is 23.4. The zero-order valence-electron chi connectivity index (χ0n) is 38.0. The summed E-state index contributed by atoms with van der Waals surface area (Å²) in [6.07, 6.45) is -1.01. The lowest BCUT2D eigenvalue weighted by Crippen LogP contribution is -2.66. The van der Waals surface area contributed by atoms with E-state index in [1.807, 2.05) is 170 Å². The molecule has 0 aromatic heterocycles. The van der Waals surface area contributed by atoms with Gasteiger partial charge in [0.2, 0.25) is 0 Å². The van der Waals surface area contributed by atoms with Crippen LogP contribution in [0.5, 0.6) is 0 Å². The van der Waals surface area contributed by atoms with Crippen LogP contribution >= 0.6 is 0 Å². The van der Waals surface area contributed by atoms with Gasteiger partial charge in [0.15, 0.2) is 12.1 Å². The highest BCUT2D eigenvalue weighted by atomic mass is 16.7. The molecule has 2 aliphatic carbocycles. The van der Waals surface area contributed by atoms with E-state index in [0.29, 0.717) is 26.2 Å². The average molecular weight is 901 g/mol. The highest BCUT2D eigenvalue weighted by molar-refractivity contribution is 5.88. The predicted molar refractivity (Wildman–Crippen MR) is 255 cm³/mol. The van der Waals surface area contributed by atoms with E-state index < -0.39 is 60.9 Å². The summed E-state index contributed by atoms with van der Waals surface area (Å²) in [6.45, 7) is 1.70. The van der Waals surface area contributed by atoms with Crippen LogP contribution in [0.3, 0.4) is 0 Å². The first kappa shape index (κ1) is 46.5. The molecule has 0 spiro atoms. The molecule has 3 aliphatic rings. The summed E-state index contributed by atoms with van der Waals surface area (Å²) in [4.78, 5) is 15.8. The Kier molecular flexibility index (Phi) is 16.3. The number of ketones is 1. The molecule has 9 heteroatoms. The Hall–Kier alpha value is -5.59. The van der Waals surface area contributed by atoms with Gasteiger partial charge < -0.3 is 37.9 Å². The molecule has 6 aromatic rings. The maximum absolute atomic E-state index is 15.8. The number of methoxy groups -OCH3 is 1. The van der Waals surface area contributed by atoms with Crippen LogP contribution in [0.2, 0.25) is 0 Å². The standard InChI is InChI=1S/C58H60O9/c1-60-58-57(66-40-46-31-18-7-19-32-46)56(65-39-45-29-16-6-17-30-45)55(64-38-44-27-14-5-15-28-44)52(67-58)48-34-20-33-47-49(48)50(59)53(62-36-42-23-10-3-11-24-42)54(63-37-43-25-12-4-13-26-43)51(47)61-35-41-21-8-2-9-22-41/h2-33,47-49,51-58H,34-40H2,1H3/t47?,48?,49?,51-,52?,53+,54+,55+,56-,57+,58-/m0/s1. The highest BCUT2D eigenvalue weighted by Crippen LogP contribution is 2.47. The van der Waals surface area contributed by atoms with Gasteiger partial charge in [0.05, 0.1) is 51.8 Å². The molecule has 0 N–H and O–H groups in total. The Balaban J connectivity index is 1.10. The van der Waals surface area contributed by atoms with Gasteiger partial charge in [-0.1, -0.05) is 194 Å². The number of ether oxygens (including phenoxy) is 8. The molecule has 67 heavy (non-hydrogen) atoms. The van der Waals surface area contributed by atoms with E-state index in [-0.39, 0.29) is 31.5 Å². The lowest BCUT2D eigenvalue weighted by molar-refractivity contribution is -0.329. The second-order valence-electron chi connectivity index (χ2n) is 17.6. The molecule has 346 valence electrons. The van der Waals surface area contributed by atoms with Crippen molar-refractivity contribution in [1.82, 2.24) is 0 Å². The smallest absolute Gasteiger partial charge is 0.186 e. The summed E-state index contributed by atoms with van der Waals surface area (Å²) in [6, 6.07) is 60.3. The first-order valence-electron chi connectivity index (χ1n) is 23.4. The molecule has 1 saturated heterocycles. The fourth-order valence-corrected chi connectivity index (χ4v) is 9.82. The number of benzene rings is 6. The van der Waals surface area contributed by atoms with Crippen LogP contribution in [-0.2, 0) is 82.3 Å². The van der Waals surface area contributed by atoms with Gasteiger partial charge in [-0.2, -0.15) is 0 Å². The quantitative estimate of drug-likeness (QED) is 0.0695. The molecule has 9 rings (SSSR count). The Morgan fingerprint density at radius 1 is 0.433 bits per heavy atom. The van der Waals surface area contributed by atoms with Crippen LogP contribution in [0.4, 0.5) is 0 Å². The van der Waals surface area contributed by atoms with E-state index in [1.165, 1.54) is 0 Å². The summed E-state index contributed by atoms with van der Waals surface area (Å²) < 4.78 is 55.0. The molecule has 1 aliphatic heterocycles. The molecule has 0 radical (unpaired) electrons. The maximum atomic E-state index is 15.8. The Labute approximate surface area is 394 Å². The van der Waals surface area contributed by atoms with Crippen molar-refractivity contribution in [3.8, 4) is 0 Å². The molecule has 11 atom stereocenters. The number of carbonyl (C=O) groups is 1. The lowest BCUT2D eigenvalue weighted by atomic mass is 9.62. The normalized spacial score (nSPS) is 27.1. The van der Waals surface area contributed by atoms with E-state index in [2.05, 4.69) is 24.3 Å². The second-order valence-corrected chi connectivity index (χ2v) is 17.6. The van der Waals surface area contributed by atoms with Gasteiger partial charge in [-0.05, 0) is 39.8 Å². The van der Waals surface area contributed by atoms with Crippen LogP contribution in [0.15, 0.2) is 194 Å². The maximum Gasteiger partial charge on any atom is 0.186 e. The van der Waals surface area contributed by atoms with E-state index in [0.717, 1.165) is 33.4 Å². The molecule has 4 unspecified atom stereocenters. The largest absolute Gasteiger partial charge is 0.370 e. The minimum absolute atomic E-state index is 0.0588. The van der Waals surface area contributed by atoms with Crippen LogP contribution in [0.25, 0.3) is 0 Å². The van der Waals surface area contributed by atoms with Gasteiger partial charge in [0.1, 0.15) is 30.5 Å². The van der Waals surface area contributed by atoms with Gasteiger partial charge in [-0.25, -0.2) is 0 Å². The predicted octanol–water partition coefficient (Wildman–Crippen LogP) is 10.3. The Bertz CT molecular complexity index is 2400. The van der Waals surface area contributed by atoms with Crippen LogP contribution in [-0.4, -0.2) is 61.9 Å². The first-order chi connectivity index (χ1) is 33.1. The number of hydrogen-bond donors (Lipinski definition) is 0. The fraction of sp³-hybridized carbons (Fsp3) is 0.328. The number of carbonyl (C=O) groups excluding carboxylic acids is 1. The fourth-order valence-electron chi connectivity index (χ4n) is 9.82.